The van der Waals surface area contributed by atoms with E-state index >= 15 is 0 Å². The molecule has 2 aliphatic heterocycles. The van der Waals surface area contributed by atoms with Crippen LogP contribution in [0.25, 0.3) is 0 Å². The maximum Gasteiger partial charge on any atom is 0.141 e. The summed E-state index contributed by atoms with van der Waals surface area (Å²) in [5.41, 5.74) is 2.71. The molecule has 1 aromatic carbocycles. The number of fused-ring (bicyclic) bond motifs is 1. The highest BCUT2D eigenvalue weighted by atomic mass is 35.5. The molecular weight excluding hydrogens is 234 g/mol. The molecule has 0 bridgehead atoms. The van der Waals surface area contributed by atoms with E-state index in [1.807, 2.05) is 0 Å². The van der Waals surface area contributed by atoms with E-state index in [0.717, 1.165) is 23.8 Å². The topological polar surface area (TPSA) is 12.5 Å². The second-order valence-electron chi connectivity index (χ2n) is 5.17. The molecule has 0 aliphatic carbocycles. The molecule has 1 fully saturated rings. The van der Waals surface area contributed by atoms with Crippen molar-refractivity contribution < 1.29 is 4.74 Å². The highest BCUT2D eigenvalue weighted by Gasteiger charge is 2.22. The van der Waals surface area contributed by atoms with Crippen LogP contribution in [0.5, 0.6) is 5.75 Å². The Hall–Kier alpha value is -0.730. The third-order valence-electron chi connectivity index (χ3n) is 3.95. The fourth-order valence-corrected chi connectivity index (χ4v) is 3.16. The molecule has 3 heteroatoms. The van der Waals surface area contributed by atoms with Gasteiger partial charge < -0.3 is 9.64 Å². The minimum Gasteiger partial charge on any atom is -0.491 e. The zero-order chi connectivity index (χ0) is 11.8. The third kappa shape index (κ3) is 2.16. The van der Waals surface area contributed by atoms with Crippen LogP contribution in [0.4, 0.5) is 0 Å². The van der Waals surface area contributed by atoms with Crippen molar-refractivity contribution in [2.24, 2.45) is 0 Å². The van der Waals surface area contributed by atoms with E-state index in [1.54, 1.807) is 0 Å². The molecule has 0 spiro atoms. The van der Waals surface area contributed by atoms with Crippen molar-refractivity contribution in [3.05, 3.63) is 28.3 Å². The Balaban J connectivity index is 1.86. The zero-order valence-electron chi connectivity index (χ0n) is 10.2. The first-order valence-corrected chi connectivity index (χ1v) is 6.75. The van der Waals surface area contributed by atoms with Crippen LogP contribution >= 0.6 is 11.6 Å². The molecule has 2 heterocycles. The summed E-state index contributed by atoms with van der Waals surface area (Å²) in [6, 6.07) is 4.42. The molecule has 2 aliphatic rings. The lowest BCUT2D eigenvalue weighted by Gasteiger charge is -2.29. The summed E-state index contributed by atoms with van der Waals surface area (Å²) in [4.78, 5) is 2.40. The first-order chi connectivity index (χ1) is 8.24. The molecule has 92 valence electrons. The molecule has 17 heavy (non-hydrogen) atoms. The molecule has 1 aromatic rings. The molecule has 0 atom stereocenters. The van der Waals surface area contributed by atoms with Crippen LogP contribution in [0.3, 0.4) is 0 Å². The number of halogens is 1. The molecule has 0 unspecified atom stereocenters. The number of hydrogen-bond acceptors (Lipinski definition) is 2. The van der Waals surface area contributed by atoms with Crippen molar-refractivity contribution in [2.45, 2.75) is 25.2 Å². The standard InChI is InChI=1S/C14H18ClNO/c1-16-5-2-10(3-6-16)12-8-11-4-7-17-14(11)13(15)9-12/h8-10H,2-7H2,1H3. The molecule has 0 radical (unpaired) electrons. The molecule has 0 saturated carbocycles. The van der Waals surface area contributed by atoms with Gasteiger partial charge in [0.2, 0.25) is 0 Å². The Bertz CT molecular complexity index is 424. The number of benzene rings is 1. The Morgan fingerprint density at radius 1 is 1.29 bits per heavy atom. The summed E-state index contributed by atoms with van der Waals surface area (Å²) < 4.78 is 5.55. The summed E-state index contributed by atoms with van der Waals surface area (Å²) >= 11 is 6.29. The van der Waals surface area contributed by atoms with Gasteiger partial charge in [0.25, 0.3) is 0 Å². The Morgan fingerprint density at radius 3 is 2.82 bits per heavy atom. The molecule has 0 N–H and O–H groups in total. The summed E-state index contributed by atoms with van der Waals surface area (Å²) in [7, 11) is 2.19. The van der Waals surface area contributed by atoms with E-state index in [0.29, 0.717) is 5.92 Å². The smallest absolute Gasteiger partial charge is 0.141 e. The van der Waals surface area contributed by atoms with E-state index in [1.165, 1.54) is 37.1 Å². The largest absolute Gasteiger partial charge is 0.491 e. The van der Waals surface area contributed by atoms with Crippen LogP contribution in [-0.2, 0) is 6.42 Å². The van der Waals surface area contributed by atoms with E-state index in [4.69, 9.17) is 16.3 Å². The lowest BCUT2D eigenvalue weighted by atomic mass is 9.88. The number of rotatable bonds is 1. The number of nitrogens with zero attached hydrogens (tertiary/aromatic N) is 1. The molecule has 1 saturated heterocycles. The highest BCUT2D eigenvalue weighted by Crippen LogP contribution is 2.38. The normalized spacial score (nSPS) is 21.3. The summed E-state index contributed by atoms with van der Waals surface area (Å²) in [5, 5.41) is 0.800. The number of likely N-dealkylation sites (tertiary alicyclic amines) is 1. The monoisotopic (exact) mass is 251 g/mol. The number of piperidine rings is 1. The Labute approximate surface area is 108 Å². The van der Waals surface area contributed by atoms with Crippen LogP contribution in [0.15, 0.2) is 12.1 Å². The summed E-state index contributed by atoms with van der Waals surface area (Å²) in [5.74, 6) is 1.60. The van der Waals surface area contributed by atoms with Gasteiger partial charge in [0.15, 0.2) is 0 Å². The van der Waals surface area contributed by atoms with Gasteiger partial charge in [0.05, 0.1) is 11.6 Å². The second kappa shape index (κ2) is 4.51. The fourth-order valence-electron chi connectivity index (χ4n) is 2.86. The zero-order valence-corrected chi connectivity index (χ0v) is 11.0. The first-order valence-electron chi connectivity index (χ1n) is 6.37. The van der Waals surface area contributed by atoms with Gasteiger partial charge in [-0.25, -0.2) is 0 Å². The van der Waals surface area contributed by atoms with Crippen molar-refractivity contribution in [1.29, 1.82) is 0 Å². The maximum atomic E-state index is 6.29. The van der Waals surface area contributed by atoms with Gasteiger partial charge in [-0.15, -0.1) is 0 Å². The average molecular weight is 252 g/mol. The molecule has 2 nitrogen and oxygen atoms in total. The predicted octanol–water partition coefficient (Wildman–Crippen LogP) is 3.08. The quantitative estimate of drug-likeness (QED) is 0.761. The van der Waals surface area contributed by atoms with Gasteiger partial charge in [-0.1, -0.05) is 17.7 Å². The predicted molar refractivity (Wildman–Crippen MR) is 70.1 cm³/mol. The average Bonchev–Trinajstić information content (AvgIpc) is 2.78. The van der Waals surface area contributed by atoms with E-state index in [-0.39, 0.29) is 0 Å². The van der Waals surface area contributed by atoms with Gasteiger partial charge in [-0.05, 0) is 56.1 Å². The van der Waals surface area contributed by atoms with E-state index < -0.39 is 0 Å². The maximum absolute atomic E-state index is 6.29. The van der Waals surface area contributed by atoms with E-state index in [9.17, 15) is 0 Å². The SMILES string of the molecule is CN1CCC(c2cc(Cl)c3c(c2)CCO3)CC1. The number of hydrogen-bond donors (Lipinski definition) is 0. The Morgan fingerprint density at radius 2 is 2.06 bits per heavy atom. The first kappa shape index (κ1) is 11.4. The summed E-state index contributed by atoms with van der Waals surface area (Å²) in [6.45, 7) is 3.16. The van der Waals surface area contributed by atoms with Crippen molar-refractivity contribution in [2.75, 3.05) is 26.7 Å². The van der Waals surface area contributed by atoms with Crippen molar-refractivity contribution in [3.63, 3.8) is 0 Å². The highest BCUT2D eigenvalue weighted by molar-refractivity contribution is 6.32. The van der Waals surface area contributed by atoms with Crippen molar-refractivity contribution in [1.82, 2.24) is 4.90 Å². The lowest BCUT2D eigenvalue weighted by molar-refractivity contribution is 0.255. The third-order valence-corrected chi connectivity index (χ3v) is 4.23. The summed E-state index contributed by atoms with van der Waals surface area (Å²) in [6.07, 6.45) is 3.49. The van der Waals surface area contributed by atoms with Crippen LogP contribution in [0.1, 0.15) is 29.9 Å². The number of ether oxygens (including phenoxy) is 1. The second-order valence-corrected chi connectivity index (χ2v) is 5.57. The minimum absolute atomic E-state index is 0.676. The van der Waals surface area contributed by atoms with E-state index in [2.05, 4.69) is 24.1 Å². The van der Waals surface area contributed by atoms with Crippen molar-refractivity contribution >= 4 is 11.6 Å². The molecular formula is C14H18ClNO. The van der Waals surface area contributed by atoms with Gasteiger partial charge in [-0.3, -0.25) is 0 Å². The van der Waals surface area contributed by atoms with Gasteiger partial charge in [0, 0.05) is 6.42 Å². The fraction of sp³-hybridized carbons (Fsp3) is 0.571. The van der Waals surface area contributed by atoms with Crippen LogP contribution in [-0.4, -0.2) is 31.6 Å². The Kier molecular flexibility index (Phi) is 3.01. The molecule has 0 amide bonds. The minimum atomic E-state index is 0.676. The lowest BCUT2D eigenvalue weighted by Crippen LogP contribution is -2.29. The van der Waals surface area contributed by atoms with Crippen LogP contribution in [0.2, 0.25) is 5.02 Å². The van der Waals surface area contributed by atoms with Crippen LogP contribution in [0, 0.1) is 0 Å². The van der Waals surface area contributed by atoms with Crippen molar-refractivity contribution in [3.8, 4) is 5.75 Å². The van der Waals surface area contributed by atoms with Gasteiger partial charge >= 0.3 is 0 Å². The molecule has 0 aromatic heterocycles. The van der Waals surface area contributed by atoms with Gasteiger partial charge in [-0.2, -0.15) is 0 Å². The molecule has 3 rings (SSSR count). The van der Waals surface area contributed by atoms with Gasteiger partial charge in [0.1, 0.15) is 5.75 Å². The van der Waals surface area contributed by atoms with Crippen LogP contribution < -0.4 is 4.74 Å².